The molecule has 0 radical (unpaired) electrons. The molecule has 6 nitrogen and oxygen atoms in total. The molecule has 4 aromatic rings. The lowest BCUT2D eigenvalue weighted by Gasteiger charge is -2.31. The molecule has 0 spiro atoms. The minimum absolute atomic E-state index is 0.0450. The Labute approximate surface area is 210 Å². The van der Waals surface area contributed by atoms with Crippen molar-refractivity contribution in [2.75, 3.05) is 11.4 Å². The molecule has 2 heterocycles. The molecule has 0 bridgehead atoms. The van der Waals surface area contributed by atoms with Gasteiger partial charge in [-0.05, 0) is 67.8 Å². The Balaban J connectivity index is 1.30. The standard InChI is InChI=1S/C28H27ClN4O2/c1-19(2)33(18-26-30-31-27(35-26)24-9-5-6-10-25(24)29)28(34)21-11-13-23(14-12-21)32-16-15-20-7-3-4-8-22(20)17-32/h3-14,19H,15-18H2,1-2H3. The van der Waals surface area contributed by atoms with Crippen LogP contribution in [0.3, 0.4) is 0 Å². The maximum Gasteiger partial charge on any atom is 0.254 e. The van der Waals surface area contributed by atoms with Gasteiger partial charge in [0.2, 0.25) is 11.8 Å². The lowest BCUT2D eigenvalue weighted by molar-refractivity contribution is 0.0672. The second kappa shape index (κ2) is 9.92. The van der Waals surface area contributed by atoms with Crippen LogP contribution in [0.15, 0.2) is 77.2 Å². The van der Waals surface area contributed by atoms with Gasteiger partial charge in [-0.25, -0.2) is 0 Å². The van der Waals surface area contributed by atoms with Crippen molar-refractivity contribution in [3.8, 4) is 11.5 Å². The van der Waals surface area contributed by atoms with E-state index in [2.05, 4.69) is 39.4 Å². The molecule has 1 aliphatic rings. The monoisotopic (exact) mass is 486 g/mol. The van der Waals surface area contributed by atoms with Crippen molar-refractivity contribution in [1.82, 2.24) is 15.1 Å². The fraction of sp³-hybridized carbons (Fsp3) is 0.250. The van der Waals surface area contributed by atoms with Gasteiger partial charge in [0, 0.05) is 30.4 Å². The molecule has 0 aliphatic carbocycles. The van der Waals surface area contributed by atoms with E-state index in [0.717, 1.165) is 25.2 Å². The van der Waals surface area contributed by atoms with E-state index < -0.39 is 0 Å². The van der Waals surface area contributed by atoms with Gasteiger partial charge in [0.1, 0.15) is 0 Å². The number of hydrogen-bond acceptors (Lipinski definition) is 5. The van der Waals surface area contributed by atoms with E-state index >= 15 is 0 Å². The molecule has 35 heavy (non-hydrogen) atoms. The summed E-state index contributed by atoms with van der Waals surface area (Å²) in [7, 11) is 0. The van der Waals surface area contributed by atoms with Crippen LogP contribution in [0, 0.1) is 0 Å². The summed E-state index contributed by atoms with van der Waals surface area (Å²) in [4.78, 5) is 17.5. The van der Waals surface area contributed by atoms with Gasteiger partial charge in [-0.2, -0.15) is 0 Å². The molecule has 0 N–H and O–H groups in total. The summed E-state index contributed by atoms with van der Waals surface area (Å²) in [6.07, 6.45) is 1.03. The quantitative estimate of drug-likeness (QED) is 0.334. The zero-order valence-electron chi connectivity index (χ0n) is 19.8. The van der Waals surface area contributed by atoms with Crippen LogP contribution in [0.5, 0.6) is 0 Å². The number of amides is 1. The van der Waals surface area contributed by atoms with Gasteiger partial charge in [0.15, 0.2) is 0 Å². The predicted molar refractivity (Wildman–Crippen MR) is 137 cm³/mol. The highest BCUT2D eigenvalue weighted by atomic mass is 35.5. The minimum Gasteiger partial charge on any atom is -0.419 e. The number of halogens is 1. The zero-order valence-corrected chi connectivity index (χ0v) is 20.6. The van der Waals surface area contributed by atoms with Gasteiger partial charge in [-0.15, -0.1) is 10.2 Å². The van der Waals surface area contributed by atoms with Crippen LogP contribution < -0.4 is 4.90 Å². The molecule has 7 heteroatoms. The van der Waals surface area contributed by atoms with Crippen LogP contribution in [0.25, 0.3) is 11.5 Å². The number of carbonyl (C=O) groups is 1. The van der Waals surface area contributed by atoms with Crippen LogP contribution in [-0.4, -0.2) is 33.6 Å². The Kier molecular flexibility index (Phi) is 6.55. The molecule has 0 unspecified atom stereocenters. The van der Waals surface area contributed by atoms with Crippen molar-refractivity contribution in [1.29, 1.82) is 0 Å². The number of fused-ring (bicyclic) bond motifs is 1. The summed E-state index contributed by atoms with van der Waals surface area (Å²) < 4.78 is 5.84. The van der Waals surface area contributed by atoms with Crippen LogP contribution >= 0.6 is 11.6 Å². The SMILES string of the molecule is CC(C)N(Cc1nnc(-c2ccccc2Cl)o1)C(=O)c1ccc(N2CCc3ccccc3C2)cc1. The highest BCUT2D eigenvalue weighted by Gasteiger charge is 2.23. The van der Waals surface area contributed by atoms with Crippen LogP contribution in [0.1, 0.15) is 41.2 Å². The first-order chi connectivity index (χ1) is 17.0. The van der Waals surface area contributed by atoms with Crippen molar-refractivity contribution in [3.05, 3.63) is 100 Å². The average Bonchev–Trinajstić information content (AvgIpc) is 3.35. The molecule has 1 amide bonds. The third-order valence-electron chi connectivity index (χ3n) is 6.37. The normalized spacial score (nSPS) is 13.1. The minimum atomic E-state index is -0.0759. The van der Waals surface area contributed by atoms with Crippen molar-refractivity contribution in [2.45, 2.75) is 39.4 Å². The van der Waals surface area contributed by atoms with E-state index in [1.165, 1.54) is 11.1 Å². The van der Waals surface area contributed by atoms with Gasteiger partial charge in [0.25, 0.3) is 5.91 Å². The smallest absolute Gasteiger partial charge is 0.254 e. The summed E-state index contributed by atoms with van der Waals surface area (Å²) in [6.45, 7) is 6.02. The molecule has 0 atom stereocenters. The molecular formula is C28H27ClN4O2. The maximum absolute atomic E-state index is 13.4. The Bertz CT molecular complexity index is 1330. The van der Waals surface area contributed by atoms with Gasteiger partial charge in [-0.1, -0.05) is 48.0 Å². The Morgan fingerprint density at radius 2 is 1.71 bits per heavy atom. The van der Waals surface area contributed by atoms with Crippen molar-refractivity contribution in [2.24, 2.45) is 0 Å². The molecule has 0 saturated heterocycles. The molecule has 0 fully saturated rings. The van der Waals surface area contributed by atoms with Gasteiger partial charge < -0.3 is 14.2 Å². The Hall–Kier alpha value is -3.64. The first kappa shape index (κ1) is 23.1. The van der Waals surface area contributed by atoms with E-state index in [1.807, 2.05) is 56.3 Å². The second-order valence-corrected chi connectivity index (χ2v) is 9.40. The van der Waals surface area contributed by atoms with Crippen molar-refractivity contribution in [3.63, 3.8) is 0 Å². The van der Waals surface area contributed by atoms with Crippen LogP contribution in [0.2, 0.25) is 5.02 Å². The highest BCUT2D eigenvalue weighted by Crippen LogP contribution is 2.28. The van der Waals surface area contributed by atoms with Gasteiger partial charge >= 0.3 is 0 Å². The number of benzene rings is 3. The van der Waals surface area contributed by atoms with Crippen molar-refractivity contribution >= 4 is 23.2 Å². The molecule has 1 aliphatic heterocycles. The first-order valence-corrected chi connectivity index (χ1v) is 12.2. The molecule has 5 rings (SSSR count). The number of hydrogen-bond donors (Lipinski definition) is 0. The largest absolute Gasteiger partial charge is 0.419 e. The van der Waals surface area contributed by atoms with E-state index in [9.17, 15) is 4.79 Å². The summed E-state index contributed by atoms with van der Waals surface area (Å²) in [6, 6.07) is 23.7. The van der Waals surface area contributed by atoms with Gasteiger partial charge in [0.05, 0.1) is 17.1 Å². The third kappa shape index (κ3) is 4.93. The average molecular weight is 487 g/mol. The molecule has 3 aromatic carbocycles. The number of rotatable bonds is 6. The summed E-state index contributed by atoms with van der Waals surface area (Å²) in [5.74, 6) is 0.632. The maximum atomic E-state index is 13.4. The Morgan fingerprint density at radius 3 is 2.46 bits per heavy atom. The fourth-order valence-corrected chi connectivity index (χ4v) is 4.61. The highest BCUT2D eigenvalue weighted by molar-refractivity contribution is 6.33. The van der Waals surface area contributed by atoms with Crippen LogP contribution in [-0.2, 0) is 19.5 Å². The first-order valence-electron chi connectivity index (χ1n) is 11.8. The van der Waals surface area contributed by atoms with E-state index in [4.69, 9.17) is 16.0 Å². The number of aromatic nitrogens is 2. The van der Waals surface area contributed by atoms with E-state index in [1.54, 1.807) is 11.0 Å². The predicted octanol–water partition coefficient (Wildman–Crippen LogP) is 6.00. The summed E-state index contributed by atoms with van der Waals surface area (Å²) >= 11 is 6.25. The fourth-order valence-electron chi connectivity index (χ4n) is 4.39. The summed E-state index contributed by atoms with van der Waals surface area (Å²) in [5.41, 5.74) is 5.20. The summed E-state index contributed by atoms with van der Waals surface area (Å²) in [5, 5.41) is 8.82. The van der Waals surface area contributed by atoms with Gasteiger partial charge in [-0.3, -0.25) is 4.79 Å². The number of anilines is 1. The third-order valence-corrected chi connectivity index (χ3v) is 6.70. The zero-order chi connectivity index (χ0) is 24.4. The lowest BCUT2D eigenvalue weighted by Crippen LogP contribution is -2.36. The van der Waals surface area contributed by atoms with Crippen molar-refractivity contribution < 1.29 is 9.21 Å². The van der Waals surface area contributed by atoms with Crippen LogP contribution in [0.4, 0.5) is 5.69 Å². The lowest BCUT2D eigenvalue weighted by atomic mass is 9.99. The number of carbonyl (C=O) groups excluding carboxylic acids is 1. The van der Waals surface area contributed by atoms with E-state index in [0.29, 0.717) is 27.9 Å². The molecule has 1 aromatic heterocycles. The van der Waals surface area contributed by atoms with E-state index in [-0.39, 0.29) is 18.5 Å². The Morgan fingerprint density at radius 1 is 1.00 bits per heavy atom. The number of nitrogens with zero attached hydrogens (tertiary/aromatic N) is 4. The molecule has 0 saturated carbocycles. The second-order valence-electron chi connectivity index (χ2n) is 8.99. The topological polar surface area (TPSA) is 62.5 Å². The molecule has 178 valence electrons. The molecular weight excluding hydrogens is 460 g/mol.